The quantitative estimate of drug-likeness (QED) is 0.306. The Balaban J connectivity index is 1.77. The largest absolute Gasteiger partial charge is 0.497 e. The number of amides is 1. The molecule has 2 aromatic carbocycles. The van der Waals surface area contributed by atoms with Crippen molar-refractivity contribution in [1.29, 1.82) is 0 Å². The van der Waals surface area contributed by atoms with Crippen LogP contribution in [0.3, 0.4) is 0 Å². The molecule has 2 atom stereocenters. The summed E-state index contributed by atoms with van der Waals surface area (Å²) >= 11 is 6.15. The van der Waals surface area contributed by atoms with Crippen LogP contribution in [0, 0.1) is 0 Å². The maximum Gasteiger partial charge on any atom is 0.220 e. The topological polar surface area (TPSA) is 104 Å². The van der Waals surface area contributed by atoms with E-state index >= 15 is 0 Å². The fourth-order valence-corrected chi connectivity index (χ4v) is 3.44. The van der Waals surface area contributed by atoms with Crippen molar-refractivity contribution in [2.75, 3.05) is 25.6 Å². The van der Waals surface area contributed by atoms with Gasteiger partial charge in [0.2, 0.25) is 5.91 Å². The van der Waals surface area contributed by atoms with Crippen LogP contribution in [0.1, 0.15) is 19.8 Å². The number of aliphatic hydroxyl groups is 2. The van der Waals surface area contributed by atoms with E-state index in [0.717, 1.165) is 33.2 Å². The lowest BCUT2D eigenvalue weighted by atomic mass is 10.1. The van der Waals surface area contributed by atoms with Crippen molar-refractivity contribution < 1.29 is 19.7 Å². The molecule has 0 saturated carbocycles. The minimum atomic E-state index is -0.812. The van der Waals surface area contributed by atoms with E-state index in [1.54, 1.807) is 7.11 Å². The van der Waals surface area contributed by atoms with Crippen molar-refractivity contribution in [3.05, 3.63) is 41.4 Å². The van der Waals surface area contributed by atoms with Gasteiger partial charge in [-0.1, -0.05) is 11.6 Å². The molecule has 0 aliphatic carbocycles. The summed E-state index contributed by atoms with van der Waals surface area (Å²) in [7, 11) is 1.62. The van der Waals surface area contributed by atoms with E-state index in [-0.39, 0.29) is 18.9 Å². The Kier molecular flexibility index (Phi) is 7.31. The molecule has 1 heterocycles. The number of hydrogen-bond acceptors (Lipinski definition) is 6. The third-order valence-electron chi connectivity index (χ3n) is 4.95. The van der Waals surface area contributed by atoms with Crippen LogP contribution in [0.5, 0.6) is 5.75 Å². The number of methoxy groups -OCH3 is 1. The molecule has 0 fully saturated rings. The van der Waals surface area contributed by atoms with Gasteiger partial charge in [0.1, 0.15) is 5.75 Å². The summed E-state index contributed by atoms with van der Waals surface area (Å²) in [5, 5.41) is 27.3. The summed E-state index contributed by atoms with van der Waals surface area (Å²) in [6, 6.07) is 10.6. The first-order valence-corrected chi connectivity index (χ1v) is 10.2. The van der Waals surface area contributed by atoms with Gasteiger partial charge < -0.3 is 25.6 Å². The van der Waals surface area contributed by atoms with Gasteiger partial charge in [0.05, 0.1) is 42.6 Å². The second-order valence-electron chi connectivity index (χ2n) is 7.16. The van der Waals surface area contributed by atoms with Crippen molar-refractivity contribution in [2.24, 2.45) is 0 Å². The molecule has 0 spiro atoms. The number of rotatable bonds is 9. The highest BCUT2D eigenvalue weighted by Crippen LogP contribution is 2.34. The smallest absolute Gasteiger partial charge is 0.220 e. The minimum Gasteiger partial charge on any atom is -0.497 e. The monoisotopic (exact) mass is 431 g/mol. The van der Waals surface area contributed by atoms with Gasteiger partial charge in [0.15, 0.2) is 0 Å². The third kappa shape index (κ3) is 5.11. The van der Waals surface area contributed by atoms with Gasteiger partial charge in [-0.2, -0.15) is 0 Å². The van der Waals surface area contributed by atoms with Gasteiger partial charge in [0, 0.05) is 28.8 Å². The van der Waals surface area contributed by atoms with Crippen LogP contribution >= 0.6 is 11.6 Å². The highest BCUT2D eigenvalue weighted by atomic mass is 35.5. The summed E-state index contributed by atoms with van der Waals surface area (Å²) < 4.78 is 5.36. The molecule has 0 radical (unpaired) electrons. The summed E-state index contributed by atoms with van der Waals surface area (Å²) in [5.41, 5.74) is 2.50. The molecular weight excluding hydrogens is 406 g/mol. The number of nitrogens with zero attached hydrogens (tertiary/aromatic N) is 1. The molecule has 8 heteroatoms. The molecule has 0 bridgehead atoms. The zero-order chi connectivity index (χ0) is 21.7. The lowest BCUT2D eigenvalue weighted by molar-refractivity contribution is -0.123. The van der Waals surface area contributed by atoms with Crippen molar-refractivity contribution >= 4 is 45.0 Å². The van der Waals surface area contributed by atoms with Crippen LogP contribution in [0.4, 0.5) is 5.69 Å². The zero-order valence-corrected chi connectivity index (χ0v) is 17.7. The Labute approximate surface area is 180 Å². The fourth-order valence-electron chi connectivity index (χ4n) is 3.27. The number of pyridine rings is 1. The van der Waals surface area contributed by atoms with E-state index < -0.39 is 12.1 Å². The van der Waals surface area contributed by atoms with Crippen molar-refractivity contribution in [1.82, 2.24) is 10.3 Å². The zero-order valence-electron chi connectivity index (χ0n) is 17.0. The summed E-state index contributed by atoms with van der Waals surface area (Å²) in [6.45, 7) is 1.78. The Morgan fingerprint density at radius 3 is 2.70 bits per heavy atom. The molecule has 0 saturated heterocycles. The fraction of sp³-hybridized carbons (Fsp3) is 0.364. The van der Waals surface area contributed by atoms with Crippen molar-refractivity contribution in [3.63, 3.8) is 0 Å². The number of hydrogen-bond donors (Lipinski definition) is 4. The summed E-state index contributed by atoms with van der Waals surface area (Å²) in [6.07, 6.45) is 0.0346. The molecule has 0 aliphatic heterocycles. The molecule has 7 nitrogen and oxygen atoms in total. The van der Waals surface area contributed by atoms with Crippen molar-refractivity contribution in [3.8, 4) is 5.75 Å². The first-order valence-electron chi connectivity index (χ1n) is 9.82. The molecule has 160 valence electrons. The number of fused-ring (bicyclic) bond motifs is 2. The number of anilines is 1. The Hall–Kier alpha value is -2.61. The first-order chi connectivity index (χ1) is 14.4. The first kappa shape index (κ1) is 22.1. The van der Waals surface area contributed by atoms with E-state index in [2.05, 4.69) is 10.6 Å². The molecule has 0 aliphatic rings. The Bertz CT molecular complexity index is 1040. The number of benzene rings is 2. The standard InChI is InChI=1S/C22H26ClN3O4/c1-13(28)20(12-27)26-21(29)4-3-9-24-22-16-7-5-14(23)10-19(16)25-18-8-6-15(30-2)11-17(18)22/h5-8,10-11,13,20,27-28H,3-4,9,12H2,1-2H3,(H,24,25)(H,26,29). The number of nitrogens with one attached hydrogen (secondary N) is 2. The Morgan fingerprint density at radius 2 is 2.00 bits per heavy atom. The van der Waals surface area contributed by atoms with Crippen LogP contribution in [-0.2, 0) is 4.79 Å². The van der Waals surface area contributed by atoms with Gasteiger partial charge in [-0.15, -0.1) is 0 Å². The van der Waals surface area contributed by atoms with Crippen LogP contribution in [-0.4, -0.2) is 53.5 Å². The lowest BCUT2D eigenvalue weighted by Gasteiger charge is -2.19. The number of halogens is 1. The second-order valence-corrected chi connectivity index (χ2v) is 7.60. The second kappa shape index (κ2) is 9.93. The molecule has 3 aromatic rings. The third-order valence-corrected chi connectivity index (χ3v) is 5.19. The van der Waals surface area contributed by atoms with E-state index in [1.165, 1.54) is 6.92 Å². The average Bonchev–Trinajstić information content (AvgIpc) is 2.73. The maximum atomic E-state index is 12.1. The summed E-state index contributed by atoms with van der Waals surface area (Å²) in [4.78, 5) is 16.8. The number of aliphatic hydroxyl groups excluding tert-OH is 2. The van der Waals surface area contributed by atoms with E-state index in [0.29, 0.717) is 18.0 Å². The number of carbonyl (C=O) groups is 1. The molecular formula is C22H26ClN3O4. The van der Waals surface area contributed by atoms with Gasteiger partial charge in [0.25, 0.3) is 0 Å². The van der Waals surface area contributed by atoms with Crippen LogP contribution < -0.4 is 15.4 Å². The van der Waals surface area contributed by atoms with Crippen LogP contribution in [0.2, 0.25) is 5.02 Å². The average molecular weight is 432 g/mol. The van der Waals surface area contributed by atoms with E-state index in [9.17, 15) is 15.0 Å². The van der Waals surface area contributed by atoms with E-state index in [4.69, 9.17) is 21.3 Å². The molecule has 3 rings (SSSR count). The molecule has 4 N–H and O–H groups in total. The van der Waals surface area contributed by atoms with Gasteiger partial charge in [-0.25, -0.2) is 4.98 Å². The van der Waals surface area contributed by atoms with Gasteiger partial charge in [-0.05, 0) is 49.7 Å². The number of carbonyl (C=O) groups excluding carboxylic acids is 1. The van der Waals surface area contributed by atoms with Crippen LogP contribution in [0.15, 0.2) is 36.4 Å². The van der Waals surface area contributed by atoms with Crippen LogP contribution in [0.25, 0.3) is 21.8 Å². The molecule has 30 heavy (non-hydrogen) atoms. The molecule has 1 aromatic heterocycles. The highest BCUT2D eigenvalue weighted by Gasteiger charge is 2.16. The predicted molar refractivity (Wildman–Crippen MR) is 119 cm³/mol. The molecule has 1 amide bonds. The number of ether oxygens (including phenoxy) is 1. The normalized spacial score (nSPS) is 13.2. The summed E-state index contributed by atoms with van der Waals surface area (Å²) in [5.74, 6) is 0.517. The minimum absolute atomic E-state index is 0.213. The van der Waals surface area contributed by atoms with Gasteiger partial charge in [-0.3, -0.25) is 4.79 Å². The maximum absolute atomic E-state index is 12.1. The predicted octanol–water partition coefficient (Wildman–Crippen LogP) is 3.10. The van der Waals surface area contributed by atoms with Gasteiger partial charge >= 0.3 is 0 Å². The Morgan fingerprint density at radius 1 is 1.20 bits per heavy atom. The number of aromatic nitrogens is 1. The lowest BCUT2D eigenvalue weighted by Crippen LogP contribution is -2.44. The molecule has 2 unspecified atom stereocenters. The highest BCUT2D eigenvalue weighted by molar-refractivity contribution is 6.31. The SMILES string of the molecule is COc1ccc2nc3cc(Cl)ccc3c(NCCCC(=O)NC(CO)C(C)O)c2c1. The van der Waals surface area contributed by atoms with Crippen molar-refractivity contribution in [2.45, 2.75) is 31.9 Å². The van der Waals surface area contributed by atoms with E-state index in [1.807, 2.05) is 36.4 Å².